The minimum absolute atomic E-state index is 0.149. The lowest BCUT2D eigenvalue weighted by Crippen LogP contribution is -2.17. The van der Waals surface area contributed by atoms with Gasteiger partial charge in [-0.25, -0.2) is 0 Å². The van der Waals surface area contributed by atoms with Crippen LogP contribution >= 0.6 is 15.9 Å². The summed E-state index contributed by atoms with van der Waals surface area (Å²) in [5.74, 6) is -0.299. The van der Waals surface area contributed by atoms with Crippen molar-refractivity contribution in [2.75, 3.05) is 0 Å². The number of hydrogen-bond acceptors (Lipinski definition) is 2. The molecule has 0 saturated heterocycles. The van der Waals surface area contributed by atoms with Crippen LogP contribution < -0.4 is 0 Å². The van der Waals surface area contributed by atoms with Crippen LogP contribution in [0.2, 0.25) is 0 Å². The number of carbonyl (C=O) groups is 1. The van der Waals surface area contributed by atoms with Crippen LogP contribution in [-0.4, -0.2) is 10.9 Å². The second-order valence-corrected chi connectivity index (χ2v) is 4.43. The molecule has 2 nitrogen and oxygen atoms in total. The Bertz CT molecular complexity index is 334. The molecule has 1 rings (SSSR count). The van der Waals surface area contributed by atoms with Gasteiger partial charge >= 0.3 is 0 Å². The lowest BCUT2D eigenvalue weighted by atomic mass is 9.98. The van der Waals surface area contributed by atoms with Gasteiger partial charge < -0.3 is 5.11 Å². The summed E-state index contributed by atoms with van der Waals surface area (Å²) in [4.78, 5) is 11.5. The van der Waals surface area contributed by atoms with Gasteiger partial charge in [-0.1, -0.05) is 41.9 Å². The highest BCUT2D eigenvalue weighted by Gasteiger charge is 2.19. The van der Waals surface area contributed by atoms with Crippen molar-refractivity contribution < 1.29 is 9.90 Å². The van der Waals surface area contributed by atoms with Crippen molar-refractivity contribution in [3.8, 4) is 0 Å². The summed E-state index contributed by atoms with van der Waals surface area (Å²) < 4.78 is 0.866. The van der Waals surface area contributed by atoms with Gasteiger partial charge in [0.15, 0.2) is 5.78 Å². The number of ketones is 1. The number of benzene rings is 1. The maximum atomic E-state index is 11.5. The van der Waals surface area contributed by atoms with Crippen LogP contribution in [0.15, 0.2) is 28.7 Å². The van der Waals surface area contributed by atoms with E-state index < -0.39 is 6.10 Å². The molecular formula is C11H13BrO2. The van der Waals surface area contributed by atoms with Crippen LogP contribution in [0, 0.1) is 5.92 Å². The van der Waals surface area contributed by atoms with Crippen LogP contribution in [0.1, 0.15) is 25.5 Å². The molecule has 0 spiro atoms. The number of aliphatic hydroxyl groups excluding tert-OH is 1. The molecule has 1 aromatic carbocycles. The van der Waals surface area contributed by atoms with E-state index in [4.69, 9.17) is 0 Å². The van der Waals surface area contributed by atoms with Gasteiger partial charge in [0.2, 0.25) is 0 Å². The number of rotatable bonds is 3. The third-order valence-corrected chi connectivity index (χ3v) is 2.50. The van der Waals surface area contributed by atoms with Crippen LogP contribution in [0.4, 0.5) is 0 Å². The fourth-order valence-corrected chi connectivity index (χ4v) is 1.57. The summed E-state index contributed by atoms with van der Waals surface area (Å²) in [6, 6.07) is 7.16. The lowest BCUT2D eigenvalue weighted by molar-refractivity contribution is -0.130. The molecule has 0 aromatic heterocycles. The first-order valence-electron chi connectivity index (χ1n) is 4.49. The van der Waals surface area contributed by atoms with Crippen molar-refractivity contribution in [1.29, 1.82) is 0 Å². The molecule has 0 aliphatic heterocycles. The molecule has 0 heterocycles. The topological polar surface area (TPSA) is 37.3 Å². The Morgan fingerprint density at radius 2 is 2.07 bits per heavy atom. The second kappa shape index (κ2) is 4.71. The SMILES string of the molecule is CC(C)C(=O)[C@@H](O)c1cccc(Br)c1. The van der Waals surface area contributed by atoms with E-state index in [9.17, 15) is 9.90 Å². The second-order valence-electron chi connectivity index (χ2n) is 3.51. The molecule has 1 atom stereocenters. The van der Waals surface area contributed by atoms with Crippen molar-refractivity contribution >= 4 is 21.7 Å². The van der Waals surface area contributed by atoms with E-state index in [2.05, 4.69) is 15.9 Å². The Kier molecular flexibility index (Phi) is 3.84. The Morgan fingerprint density at radius 1 is 1.43 bits per heavy atom. The number of aliphatic hydroxyl groups is 1. The van der Waals surface area contributed by atoms with E-state index in [0.717, 1.165) is 4.47 Å². The predicted octanol–water partition coefficient (Wildman–Crippen LogP) is 2.71. The first kappa shape index (κ1) is 11.4. The molecule has 0 amide bonds. The maximum absolute atomic E-state index is 11.5. The molecule has 0 fully saturated rings. The van der Waals surface area contributed by atoms with Gasteiger partial charge in [-0.2, -0.15) is 0 Å². The fourth-order valence-electron chi connectivity index (χ4n) is 1.16. The van der Waals surface area contributed by atoms with Gasteiger partial charge in [0.05, 0.1) is 0 Å². The quantitative estimate of drug-likeness (QED) is 0.903. The van der Waals surface area contributed by atoms with Gasteiger partial charge in [-0.3, -0.25) is 4.79 Å². The highest BCUT2D eigenvalue weighted by Crippen LogP contribution is 2.20. The van der Waals surface area contributed by atoms with Gasteiger partial charge in [0.1, 0.15) is 6.10 Å². The minimum Gasteiger partial charge on any atom is -0.381 e. The summed E-state index contributed by atoms with van der Waals surface area (Å²) in [7, 11) is 0. The van der Waals surface area contributed by atoms with Crippen molar-refractivity contribution in [3.05, 3.63) is 34.3 Å². The summed E-state index contributed by atoms with van der Waals surface area (Å²) in [5, 5.41) is 9.71. The fraction of sp³-hybridized carbons (Fsp3) is 0.364. The first-order chi connectivity index (χ1) is 6.52. The Labute approximate surface area is 92.1 Å². The third-order valence-electron chi connectivity index (χ3n) is 2.00. The zero-order chi connectivity index (χ0) is 10.7. The molecule has 0 radical (unpaired) electrons. The average Bonchev–Trinajstić information content (AvgIpc) is 2.15. The van der Waals surface area contributed by atoms with Gasteiger partial charge in [0, 0.05) is 10.4 Å². The van der Waals surface area contributed by atoms with Crippen LogP contribution in [-0.2, 0) is 4.79 Å². The number of Topliss-reactive ketones (excluding diaryl/α,β-unsaturated/α-hetero) is 1. The summed E-state index contributed by atoms with van der Waals surface area (Å²) >= 11 is 3.29. The molecule has 0 saturated carbocycles. The monoisotopic (exact) mass is 256 g/mol. The standard InChI is InChI=1S/C11H13BrO2/c1-7(2)10(13)11(14)8-4-3-5-9(12)6-8/h3-7,11,14H,1-2H3/t11-/m0/s1. The van der Waals surface area contributed by atoms with Gasteiger partial charge in [-0.05, 0) is 17.7 Å². The summed E-state index contributed by atoms with van der Waals surface area (Å²) in [5.41, 5.74) is 0.637. The molecule has 0 bridgehead atoms. The van der Waals surface area contributed by atoms with Crippen molar-refractivity contribution in [3.63, 3.8) is 0 Å². The number of halogens is 1. The number of carbonyl (C=O) groups excluding carboxylic acids is 1. The largest absolute Gasteiger partial charge is 0.381 e. The average molecular weight is 257 g/mol. The molecule has 3 heteroatoms. The summed E-state index contributed by atoms with van der Waals surface area (Å²) in [6.07, 6.45) is -1.01. The normalized spacial score (nSPS) is 12.9. The van der Waals surface area contributed by atoms with Gasteiger partial charge in [-0.15, -0.1) is 0 Å². The van der Waals surface area contributed by atoms with E-state index in [1.54, 1.807) is 32.0 Å². The van der Waals surface area contributed by atoms with Crippen molar-refractivity contribution in [2.24, 2.45) is 5.92 Å². The highest BCUT2D eigenvalue weighted by atomic mass is 79.9. The molecule has 0 aliphatic rings. The maximum Gasteiger partial charge on any atom is 0.168 e. The molecule has 14 heavy (non-hydrogen) atoms. The zero-order valence-corrected chi connectivity index (χ0v) is 9.78. The molecule has 0 unspecified atom stereocenters. The van der Waals surface area contributed by atoms with E-state index in [1.165, 1.54) is 0 Å². The van der Waals surface area contributed by atoms with E-state index in [1.807, 2.05) is 6.07 Å². The molecule has 1 aromatic rings. The third kappa shape index (κ3) is 2.66. The van der Waals surface area contributed by atoms with Crippen molar-refractivity contribution in [1.82, 2.24) is 0 Å². The molecular weight excluding hydrogens is 244 g/mol. The van der Waals surface area contributed by atoms with E-state index in [-0.39, 0.29) is 11.7 Å². The van der Waals surface area contributed by atoms with Crippen LogP contribution in [0.25, 0.3) is 0 Å². The van der Waals surface area contributed by atoms with Crippen molar-refractivity contribution in [2.45, 2.75) is 20.0 Å². The van der Waals surface area contributed by atoms with E-state index >= 15 is 0 Å². The molecule has 76 valence electrons. The van der Waals surface area contributed by atoms with Gasteiger partial charge in [0.25, 0.3) is 0 Å². The van der Waals surface area contributed by atoms with Crippen LogP contribution in [0.5, 0.6) is 0 Å². The molecule has 1 N–H and O–H groups in total. The van der Waals surface area contributed by atoms with Crippen LogP contribution in [0.3, 0.4) is 0 Å². The molecule has 0 aliphatic carbocycles. The van der Waals surface area contributed by atoms with E-state index in [0.29, 0.717) is 5.56 Å². The minimum atomic E-state index is -1.01. The Morgan fingerprint density at radius 3 is 2.57 bits per heavy atom. The lowest BCUT2D eigenvalue weighted by Gasteiger charge is -2.12. The smallest absolute Gasteiger partial charge is 0.168 e. The zero-order valence-electron chi connectivity index (χ0n) is 8.20. The first-order valence-corrected chi connectivity index (χ1v) is 5.29. The predicted molar refractivity (Wildman–Crippen MR) is 58.9 cm³/mol. The summed E-state index contributed by atoms with van der Waals surface area (Å²) in [6.45, 7) is 3.56. The Balaban J connectivity index is 2.89. The number of hydrogen-bond donors (Lipinski definition) is 1. The highest BCUT2D eigenvalue weighted by molar-refractivity contribution is 9.10. The Hall–Kier alpha value is -0.670.